The topological polar surface area (TPSA) is 54.3 Å². The molecule has 1 N–H and O–H groups in total. The highest BCUT2D eigenvalue weighted by Gasteiger charge is 2.25. The summed E-state index contributed by atoms with van der Waals surface area (Å²) in [5.41, 5.74) is 2.05. The summed E-state index contributed by atoms with van der Waals surface area (Å²) >= 11 is 6.21. The molecule has 5 nitrogen and oxygen atoms in total. The molecule has 1 fully saturated rings. The predicted octanol–water partition coefficient (Wildman–Crippen LogP) is 3.76. The highest BCUT2D eigenvalue weighted by Crippen LogP contribution is 2.26. The van der Waals surface area contributed by atoms with Crippen LogP contribution in [0.15, 0.2) is 59.4 Å². The Morgan fingerprint density at radius 2 is 1.86 bits per heavy atom. The van der Waals surface area contributed by atoms with E-state index in [0.29, 0.717) is 17.1 Å². The Labute approximate surface area is 174 Å². The largest absolute Gasteiger partial charge is 0.350 e. The van der Waals surface area contributed by atoms with Crippen LogP contribution in [0.5, 0.6) is 0 Å². The van der Waals surface area contributed by atoms with Crippen molar-refractivity contribution in [2.45, 2.75) is 18.9 Å². The predicted molar refractivity (Wildman–Crippen MR) is 117 cm³/mol. The second kappa shape index (κ2) is 8.39. The summed E-state index contributed by atoms with van der Waals surface area (Å²) in [5, 5.41) is 4.52. The number of fused-ring (bicyclic) bond motifs is 1. The molecule has 0 radical (unpaired) electrons. The number of nitrogens with zero attached hydrogens (tertiary/aromatic N) is 2. The zero-order valence-corrected chi connectivity index (χ0v) is 17.2. The number of hydrogen-bond acceptors (Lipinski definition) is 3. The van der Waals surface area contributed by atoms with Gasteiger partial charge in [-0.15, -0.1) is 0 Å². The summed E-state index contributed by atoms with van der Waals surface area (Å²) in [4.78, 5) is 27.7. The molecule has 0 saturated carbocycles. The monoisotopic (exact) mass is 409 g/mol. The molecule has 1 saturated heterocycles. The van der Waals surface area contributed by atoms with E-state index in [9.17, 15) is 9.59 Å². The van der Waals surface area contributed by atoms with E-state index >= 15 is 0 Å². The molecule has 6 heteroatoms. The zero-order chi connectivity index (χ0) is 20.4. The minimum atomic E-state index is -0.231. The van der Waals surface area contributed by atoms with Crippen LogP contribution in [-0.2, 0) is 7.05 Å². The van der Waals surface area contributed by atoms with Gasteiger partial charge in [-0.1, -0.05) is 41.9 Å². The summed E-state index contributed by atoms with van der Waals surface area (Å²) in [5.74, 6) is -0.231. The molecule has 29 heavy (non-hydrogen) atoms. The number of rotatable bonds is 5. The van der Waals surface area contributed by atoms with Crippen LogP contribution in [0.1, 0.15) is 34.8 Å². The van der Waals surface area contributed by atoms with Crippen molar-refractivity contribution >= 4 is 28.4 Å². The van der Waals surface area contributed by atoms with Crippen LogP contribution in [0.2, 0.25) is 5.02 Å². The quantitative estimate of drug-likeness (QED) is 0.698. The number of benzene rings is 2. The van der Waals surface area contributed by atoms with Gasteiger partial charge >= 0.3 is 0 Å². The maximum absolute atomic E-state index is 13.0. The van der Waals surface area contributed by atoms with Crippen molar-refractivity contribution in [3.05, 3.63) is 81.1 Å². The molecular weight excluding hydrogens is 386 g/mol. The van der Waals surface area contributed by atoms with Gasteiger partial charge in [-0.3, -0.25) is 14.5 Å². The Bertz CT molecular complexity index is 1100. The molecule has 1 atom stereocenters. The van der Waals surface area contributed by atoms with E-state index in [0.717, 1.165) is 42.4 Å². The van der Waals surface area contributed by atoms with Crippen LogP contribution < -0.4 is 10.9 Å². The van der Waals surface area contributed by atoms with E-state index < -0.39 is 0 Å². The van der Waals surface area contributed by atoms with Crippen molar-refractivity contribution in [3.8, 4) is 0 Å². The van der Waals surface area contributed by atoms with Crippen LogP contribution in [-0.4, -0.2) is 35.0 Å². The number of likely N-dealkylation sites (tertiary alicyclic amines) is 1. The van der Waals surface area contributed by atoms with Gasteiger partial charge in [-0.2, -0.15) is 0 Å². The van der Waals surface area contributed by atoms with E-state index in [1.165, 1.54) is 6.07 Å². The lowest BCUT2D eigenvalue weighted by atomic mass is 10.0. The van der Waals surface area contributed by atoms with Crippen LogP contribution in [0.25, 0.3) is 10.9 Å². The number of carbonyl (C=O) groups excluding carboxylic acids is 1. The highest BCUT2D eigenvalue weighted by atomic mass is 35.5. The first-order valence-electron chi connectivity index (χ1n) is 9.91. The molecule has 1 aliphatic heterocycles. The number of aromatic nitrogens is 1. The third-order valence-corrected chi connectivity index (χ3v) is 5.90. The van der Waals surface area contributed by atoms with Crippen LogP contribution >= 0.6 is 11.6 Å². The van der Waals surface area contributed by atoms with Crippen molar-refractivity contribution < 1.29 is 4.79 Å². The first-order chi connectivity index (χ1) is 14.0. The minimum absolute atomic E-state index is 0.0537. The lowest BCUT2D eigenvalue weighted by Crippen LogP contribution is -2.37. The SMILES string of the molecule is Cn1c(=O)cc(C(=O)NCC(c2cccc(Cl)c2)N2CCCC2)c2ccccc21. The van der Waals surface area contributed by atoms with Gasteiger partial charge in [-0.25, -0.2) is 0 Å². The minimum Gasteiger partial charge on any atom is -0.350 e. The lowest BCUT2D eigenvalue weighted by Gasteiger charge is -2.28. The number of halogens is 1. The molecule has 4 rings (SSSR count). The molecular formula is C23H24ClN3O2. The van der Waals surface area contributed by atoms with E-state index in [-0.39, 0.29) is 17.5 Å². The number of aryl methyl sites for hydroxylation is 1. The second-order valence-electron chi connectivity index (χ2n) is 7.50. The van der Waals surface area contributed by atoms with E-state index in [2.05, 4.69) is 16.3 Å². The molecule has 2 heterocycles. The number of para-hydroxylation sites is 1. The van der Waals surface area contributed by atoms with E-state index in [1.807, 2.05) is 42.5 Å². The van der Waals surface area contributed by atoms with Crippen LogP contribution in [0.3, 0.4) is 0 Å². The Kier molecular flexibility index (Phi) is 5.69. The molecule has 0 bridgehead atoms. The summed E-state index contributed by atoms with van der Waals surface area (Å²) in [7, 11) is 1.72. The Balaban J connectivity index is 1.61. The first-order valence-corrected chi connectivity index (χ1v) is 10.3. The molecule has 2 aromatic carbocycles. The van der Waals surface area contributed by atoms with Gasteiger partial charge in [0.2, 0.25) is 0 Å². The fourth-order valence-corrected chi connectivity index (χ4v) is 4.31. The van der Waals surface area contributed by atoms with Crippen molar-refractivity contribution in [1.29, 1.82) is 0 Å². The lowest BCUT2D eigenvalue weighted by molar-refractivity contribution is 0.0939. The van der Waals surface area contributed by atoms with Crippen LogP contribution in [0.4, 0.5) is 0 Å². The Morgan fingerprint density at radius 1 is 1.10 bits per heavy atom. The van der Waals surface area contributed by atoms with Crippen molar-refractivity contribution in [2.24, 2.45) is 7.05 Å². The summed E-state index contributed by atoms with van der Waals surface area (Å²) < 4.78 is 1.56. The average molecular weight is 410 g/mol. The van der Waals surface area contributed by atoms with Crippen molar-refractivity contribution in [1.82, 2.24) is 14.8 Å². The third-order valence-electron chi connectivity index (χ3n) is 5.67. The highest BCUT2D eigenvalue weighted by molar-refractivity contribution is 6.30. The van der Waals surface area contributed by atoms with E-state index in [4.69, 9.17) is 11.6 Å². The van der Waals surface area contributed by atoms with E-state index in [1.54, 1.807) is 11.6 Å². The first kappa shape index (κ1) is 19.7. The standard InChI is InChI=1S/C23H24ClN3O2/c1-26-20-10-3-2-9-18(20)19(14-22(26)28)23(29)25-15-21(27-11-4-5-12-27)16-7-6-8-17(24)13-16/h2-3,6-10,13-14,21H,4-5,11-12,15H2,1H3,(H,25,29). The smallest absolute Gasteiger partial charge is 0.252 e. The van der Waals surface area contributed by atoms with Gasteiger partial charge in [0.15, 0.2) is 0 Å². The van der Waals surface area contributed by atoms with Gasteiger partial charge < -0.3 is 9.88 Å². The molecule has 1 aromatic heterocycles. The molecule has 1 unspecified atom stereocenters. The number of nitrogens with one attached hydrogen (secondary N) is 1. The van der Waals surface area contributed by atoms with Gasteiger partial charge in [0.25, 0.3) is 11.5 Å². The zero-order valence-electron chi connectivity index (χ0n) is 16.4. The molecule has 3 aromatic rings. The molecule has 1 amide bonds. The molecule has 0 spiro atoms. The molecule has 150 valence electrons. The Morgan fingerprint density at radius 3 is 2.62 bits per heavy atom. The molecule has 0 aliphatic carbocycles. The molecule has 1 aliphatic rings. The maximum atomic E-state index is 13.0. The fraction of sp³-hybridized carbons (Fsp3) is 0.304. The van der Waals surface area contributed by atoms with Gasteiger partial charge in [0, 0.05) is 30.1 Å². The van der Waals surface area contributed by atoms with Gasteiger partial charge in [-0.05, 0) is 49.7 Å². The normalized spacial score (nSPS) is 15.5. The average Bonchev–Trinajstić information content (AvgIpc) is 3.25. The maximum Gasteiger partial charge on any atom is 0.252 e. The number of pyridine rings is 1. The summed E-state index contributed by atoms with van der Waals surface area (Å²) in [6.07, 6.45) is 2.31. The van der Waals surface area contributed by atoms with Crippen molar-refractivity contribution in [2.75, 3.05) is 19.6 Å². The Hall–Kier alpha value is -2.63. The summed E-state index contributed by atoms with van der Waals surface area (Å²) in [6, 6.07) is 16.8. The van der Waals surface area contributed by atoms with Gasteiger partial charge in [0.1, 0.15) is 0 Å². The number of carbonyl (C=O) groups is 1. The fourth-order valence-electron chi connectivity index (χ4n) is 4.11. The number of amides is 1. The third kappa shape index (κ3) is 4.07. The van der Waals surface area contributed by atoms with Crippen molar-refractivity contribution in [3.63, 3.8) is 0 Å². The van der Waals surface area contributed by atoms with Crippen LogP contribution in [0, 0.1) is 0 Å². The summed E-state index contributed by atoms with van der Waals surface area (Å²) in [6.45, 7) is 2.46. The van der Waals surface area contributed by atoms with Gasteiger partial charge in [0.05, 0.1) is 17.1 Å². The number of hydrogen-bond donors (Lipinski definition) is 1. The second-order valence-corrected chi connectivity index (χ2v) is 7.93.